The van der Waals surface area contributed by atoms with Gasteiger partial charge >= 0.3 is 11.0 Å². The minimum atomic E-state index is -0.482. The summed E-state index contributed by atoms with van der Waals surface area (Å²) in [5.74, 6) is 0.785. The van der Waals surface area contributed by atoms with Gasteiger partial charge in [-0.1, -0.05) is 0 Å². The highest BCUT2D eigenvalue weighted by Gasteiger charge is 2.31. The van der Waals surface area contributed by atoms with Crippen molar-refractivity contribution in [2.24, 2.45) is 0 Å². The van der Waals surface area contributed by atoms with E-state index in [1.54, 1.807) is 4.90 Å². The van der Waals surface area contributed by atoms with Crippen LogP contribution in [0.25, 0.3) is 0 Å². The van der Waals surface area contributed by atoms with Gasteiger partial charge in [0.15, 0.2) is 0 Å². The van der Waals surface area contributed by atoms with Crippen LogP contribution in [-0.2, 0) is 4.74 Å². The van der Waals surface area contributed by atoms with Crippen molar-refractivity contribution < 1.29 is 9.53 Å². The van der Waals surface area contributed by atoms with Gasteiger partial charge in [-0.25, -0.2) is 4.79 Å². The van der Waals surface area contributed by atoms with Crippen molar-refractivity contribution in [2.75, 3.05) is 13.1 Å². The summed E-state index contributed by atoms with van der Waals surface area (Å²) in [6.45, 7) is 6.72. The summed E-state index contributed by atoms with van der Waals surface area (Å²) in [5, 5.41) is 0. The average molecular weight is 271 g/mol. The number of nitrogens with one attached hydrogen (secondary N) is 1. The number of hydrogen-bond donors (Lipinski definition) is 1. The SMILES string of the molecule is CC(C)(C)OC(=O)N1CC[C@@H](c2nsc(=O)[nH]2)C1. The Labute approximate surface area is 109 Å². The molecule has 1 aromatic heterocycles. The number of carbonyl (C=O) groups excluding carboxylic acids is 1. The number of aromatic nitrogens is 2. The molecule has 1 aliphatic rings. The maximum absolute atomic E-state index is 11.9. The number of ether oxygens (including phenoxy) is 1. The van der Waals surface area contributed by atoms with Gasteiger partial charge in [-0.05, 0) is 27.2 Å². The maximum Gasteiger partial charge on any atom is 0.410 e. The Bertz CT molecular complexity index is 488. The third-order valence-electron chi connectivity index (χ3n) is 2.68. The molecule has 0 unspecified atom stereocenters. The molecule has 0 aliphatic carbocycles. The Hall–Kier alpha value is -1.37. The van der Waals surface area contributed by atoms with Crippen molar-refractivity contribution in [3.63, 3.8) is 0 Å². The van der Waals surface area contributed by atoms with Crippen molar-refractivity contribution in [3.8, 4) is 0 Å². The van der Waals surface area contributed by atoms with Crippen molar-refractivity contribution in [1.29, 1.82) is 0 Å². The van der Waals surface area contributed by atoms with Crippen LogP contribution in [0, 0.1) is 0 Å². The minimum absolute atomic E-state index is 0.108. The van der Waals surface area contributed by atoms with Crippen LogP contribution in [0.1, 0.15) is 38.9 Å². The van der Waals surface area contributed by atoms with Crippen LogP contribution in [0.15, 0.2) is 4.79 Å². The Morgan fingerprint density at radius 1 is 1.56 bits per heavy atom. The molecule has 1 aromatic rings. The van der Waals surface area contributed by atoms with Crippen molar-refractivity contribution in [2.45, 2.75) is 38.7 Å². The number of amides is 1. The van der Waals surface area contributed by atoms with Gasteiger partial charge in [-0.2, -0.15) is 4.37 Å². The minimum Gasteiger partial charge on any atom is -0.444 e. The molecular weight excluding hydrogens is 254 g/mol. The lowest BCUT2D eigenvalue weighted by Crippen LogP contribution is -2.35. The monoisotopic (exact) mass is 271 g/mol. The summed E-state index contributed by atoms with van der Waals surface area (Å²) in [6.07, 6.45) is 0.501. The van der Waals surface area contributed by atoms with Crippen LogP contribution in [0.4, 0.5) is 4.79 Å². The second kappa shape index (κ2) is 4.72. The molecule has 100 valence electrons. The summed E-state index contributed by atoms with van der Waals surface area (Å²) in [4.78, 5) is 27.1. The van der Waals surface area contributed by atoms with Gasteiger partial charge in [0.2, 0.25) is 0 Å². The third kappa shape index (κ3) is 3.10. The van der Waals surface area contributed by atoms with Crippen LogP contribution in [0.5, 0.6) is 0 Å². The highest BCUT2D eigenvalue weighted by atomic mass is 32.1. The zero-order valence-corrected chi connectivity index (χ0v) is 11.5. The Morgan fingerprint density at radius 3 is 2.83 bits per heavy atom. The van der Waals surface area contributed by atoms with Gasteiger partial charge in [-0.15, -0.1) is 0 Å². The largest absolute Gasteiger partial charge is 0.444 e. The zero-order valence-electron chi connectivity index (χ0n) is 10.7. The standard InChI is InChI=1S/C11H17N3O3S/c1-11(2,3)17-10(16)14-5-4-7(6-14)8-12-9(15)18-13-8/h7H,4-6H2,1-3H3,(H,12,13,15)/t7-/m1/s1. The topological polar surface area (TPSA) is 75.3 Å². The molecule has 2 rings (SSSR count). The quantitative estimate of drug-likeness (QED) is 0.841. The smallest absolute Gasteiger partial charge is 0.410 e. The molecule has 2 heterocycles. The molecule has 1 N–H and O–H groups in total. The number of H-pyrrole nitrogens is 1. The van der Waals surface area contributed by atoms with Gasteiger partial charge in [0.25, 0.3) is 0 Å². The average Bonchev–Trinajstić information content (AvgIpc) is 2.82. The lowest BCUT2D eigenvalue weighted by Gasteiger charge is -2.24. The number of nitrogens with zero attached hydrogens (tertiary/aromatic N) is 2. The number of rotatable bonds is 1. The lowest BCUT2D eigenvalue weighted by atomic mass is 10.1. The lowest BCUT2D eigenvalue weighted by molar-refractivity contribution is 0.0292. The van der Waals surface area contributed by atoms with Crippen LogP contribution in [0.2, 0.25) is 0 Å². The van der Waals surface area contributed by atoms with E-state index in [0.29, 0.717) is 18.9 Å². The molecule has 1 fully saturated rings. The van der Waals surface area contributed by atoms with E-state index in [1.165, 1.54) is 0 Å². The highest BCUT2D eigenvalue weighted by molar-refractivity contribution is 7.02. The van der Waals surface area contributed by atoms with Gasteiger partial charge in [0.1, 0.15) is 11.4 Å². The first-order valence-corrected chi connectivity index (χ1v) is 6.66. The molecule has 1 atom stereocenters. The van der Waals surface area contributed by atoms with Gasteiger partial charge in [-0.3, -0.25) is 9.78 Å². The van der Waals surface area contributed by atoms with Gasteiger partial charge in [0.05, 0.1) is 0 Å². The Kier molecular flexibility index (Phi) is 3.43. The van der Waals surface area contributed by atoms with E-state index in [1.807, 2.05) is 20.8 Å². The molecule has 6 nitrogen and oxygen atoms in total. The second-order valence-electron chi connectivity index (χ2n) is 5.39. The van der Waals surface area contributed by atoms with E-state index in [-0.39, 0.29) is 16.9 Å². The van der Waals surface area contributed by atoms with Crippen LogP contribution in [-0.4, -0.2) is 39.0 Å². The van der Waals surface area contributed by atoms with Crippen molar-refractivity contribution in [3.05, 3.63) is 15.5 Å². The summed E-state index contributed by atoms with van der Waals surface area (Å²) in [5.41, 5.74) is -0.482. The molecule has 0 aromatic carbocycles. The number of hydrogen-bond acceptors (Lipinski definition) is 5. The number of aromatic amines is 1. The molecule has 18 heavy (non-hydrogen) atoms. The van der Waals surface area contributed by atoms with Crippen LogP contribution < -0.4 is 4.87 Å². The first-order chi connectivity index (χ1) is 8.35. The van der Waals surface area contributed by atoms with Crippen LogP contribution >= 0.6 is 11.5 Å². The Balaban J connectivity index is 1.96. The molecule has 1 saturated heterocycles. The molecule has 0 saturated carbocycles. The highest BCUT2D eigenvalue weighted by Crippen LogP contribution is 2.25. The van der Waals surface area contributed by atoms with Crippen molar-refractivity contribution >= 4 is 17.6 Å². The molecule has 0 spiro atoms. The molecule has 1 aliphatic heterocycles. The van der Waals surface area contributed by atoms with E-state index >= 15 is 0 Å². The predicted molar refractivity (Wildman–Crippen MR) is 67.9 cm³/mol. The predicted octanol–water partition coefficient (Wildman–Crippen LogP) is 1.56. The first-order valence-electron chi connectivity index (χ1n) is 5.89. The van der Waals surface area contributed by atoms with Gasteiger partial charge < -0.3 is 9.64 Å². The summed E-state index contributed by atoms with van der Waals surface area (Å²) in [7, 11) is 0. The number of carbonyl (C=O) groups is 1. The van der Waals surface area contributed by atoms with Crippen LogP contribution in [0.3, 0.4) is 0 Å². The molecule has 7 heteroatoms. The molecule has 1 amide bonds. The fourth-order valence-electron chi connectivity index (χ4n) is 1.89. The van der Waals surface area contributed by atoms with E-state index in [2.05, 4.69) is 9.36 Å². The van der Waals surface area contributed by atoms with Gasteiger partial charge in [0, 0.05) is 30.5 Å². The maximum atomic E-state index is 11.9. The number of likely N-dealkylation sites (tertiary alicyclic amines) is 1. The molecular formula is C11H17N3O3S. The molecule has 0 bridgehead atoms. The third-order valence-corrected chi connectivity index (χ3v) is 3.24. The molecule has 0 radical (unpaired) electrons. The summed E-state index contributed by atoms with van der Waals surface area (Å²) in [6, 6.07) is 0. The normalized spacial score (nSPS) is 20.2. The summed E-state index contributed by atoms with van der Waals surface area (Å²) >= 11 is 0.915. The van der Waals surface area contributed by atoms with Crippen molar-refractivity contribution in [1.82, 2.24) is 14.3 Å². The van der Waals surface area contributed by atoms with E-state index in [4.69, 9.17) is 4.74 Å². The van der Waals surface area contributed by atoms with E-state index in [9.17, 15) is 9.59 Å². The first kappa shape index (κ1) is 13.1. The fourth-order valence-corrected chi connectivity index (χ4v) is 2.42. The zero-order chi connectivity index (χ0) is 13.3. The Morgan fingerprint density at radius 2 is 2.28 bits per heavy atom. The van der Waals surface area contributed by atoms with E-state index in [0.717, 1.165) is 18.0 Å². The summed E-state index contributed by atoms with van der Waals surface area (Å²) < 4.78 is 9.37. The fraction of sp³-hybridized carbons (Fsp3) is 0.727. The second-order valence-corrected chi connectivity index (χ2v) is 6.13. The van der Waals surface area contributed by atoms with E-state index < -0.39 is 5.60 Å².